The normalized spacial score (nSPS) is 16.8. The molecule has 2 aromatic rings. The summed E-state index contributed by atoms with van der Waals surface area (Å²) in [7, 11) is 1.63. The molecule has 2 heterocycles. The zero-order chi connectivity index (χ0) is 20.2. The molecule has 0 saturated carbocycles. The molecule has 28 heavy (non-hydrogen) atoms. The minimum absolute atomic E-state index is 0.0217. The van der Waals surface area contributed by atoms with Crippen LogP contribution in [0.4, 0.5) is 5.13 Å². The Hall–Kier alpha value is -1.92. The molecule has 152 valence electrons. The number of rotatable bonds is 6. The van der Waals surface area contributed by atoms with Crippen molar-refractivity contribution in [1.29, 1.82) is 0 Å². The van der Waals surface area contributed by atoms with Crippen molar-refractivity contribution in [3.63, 3.8) is 0 Å². The quantitative estimate of drug-likeness (QED) is 0.784. The summed E-state index contributed by atoms with van der Waals surface area (Å²) in [6.07, 6.45) is 2.22. The van der Waals surface area contributed by atoms with E-state index in [0.29, 0.717) is 13.0 Å². The van der Waals surface area contributed by atoms with E-state index in [0.717, 1.165) is 36.8 Å². The first kappa shape index (κ1) is 20.8. The highest BCUT2D eigenvalue weighted by Crippen LogP contribution is 2.42. The van der Waals surface area contributed by atoms with E-state index in [2.05, 4.69) is 55.7 Å². The maximum Gasteiger partial charge on any atom is 0.224 e. The fourth-order valence-electron chi connectivity index (χ4n) is 3.81. The number of carbonyl (C=O) groups excluding carboxylic acids is 1. The van der Waals surface area contributed by atoms with Gasteiger partial charge in [-0.05, 0) is 39.2 Å². The van der Waals surface area contributed by atoms with E-state index in [1.165, 1.54) is 5.56 Å². The van der Waals surface area contributed by atoms with E-state index in [1.807, 2.05) is 11.0 Å². The van der Waals surface area contributed by atoms with Crippen LogP contribution in [0.5, 0.6) is 0 Å². The SMILES string of the molecule is COCCC(=O)N1CCC(c2ccccc2)(c2csc(NC(C)(C)C)n2)CC1. The maximum atomic E-state index is 12.4. The third kappa shape index (κ3) is 4.73. The summed E-state index contributed by atoms with van der Waals surface area (Å²) in [6.45, 7) is 8.41. The Bertz CT molecular complexity index is 775. The van der Waals surface area contributed by atoms with E-state index < -0.39 is 0 Å². The molecule has 1 aliphatic heterocycles. The van der Waals surface area contributed by atoms with Gasteiger partial charge in [-0.2, -0.15) is 0 Å². The predicted molar refractivity (Wildman–Crippen MR) is 115 cm³/mol. The smallest absolute Gasteiger partial charge is 0.224 e. The Kier molecular flexibility index (Phi) is 6.40. The molecule has 5 nitrogen and oxygen atoms in total. The summed E-state index contributed by atoms with van der Waals surface area (Å²) in [6, 6.07) is 10.6. The molecular formula is C22H31N3O2S. The van der Waals surface area contributed by atoms with Crippen LogP contribution >= 0.6 is 11.3 Å². The minimum atomic E-state index is -0.145. The van der Waals surface area contributed by atoms with E-state index >= 15 is 0 Å². The van der Waals surface area contributed by atoms with Crippen molar-refractivity contribution >= 4 is 22.4 Å². The molecule has 1 fully saturated rings. The van der Waals surface area contributed by atoms with Crippen molar-refractivity contribution in [2.24, 2.45) is 0 Å². The van der Waals surface area contributed by atoms with E-state index in [4.69, 9.17) is 9.72 Å². The highest BCUT2D eigenvalue weighted by atomic mass is 32.1. The molecule has 0 atom stereocenters. The van der Waals surface area contributed by atoms with Crippen molar-refractivity contribution in [2.75, 3.05) is 32.1 Å². The van der Waals surface area contributed by atoms with Gasteiger partial charge in [-0.15, -0.1) is 11.3 Å². The maximum absolute atomic E-state index is 12.4. The van der Waals surface area contributed by atoms with Gasteiger partial charge in [0.1, 0.15) is 0 Å². The first-order valence-electron chi connectivity index (χ1n) is 9.90. The second-order valence-corrected chi connectivity index (χ2v) is 9.34. The molecule has 0 bridgehead atoms. The van der Waals surface area contributed by atoms with Crippen LogP contribution in [0, 0.1) is 0 Å². The van der Waals surface area contributed by atoms with Gasteiger partial charge in [-0.1, -0.05) is 30.3 Å². The number of ether oxygens (including phenoxy) is 1. The fraction of sp³-hybridized carbons (Fsp3) is 0.545. The molecule has 1 N–H and O–H groups in total. The third-order valence-corrected chi connectivity index (χ3v) is 6.05. The minimum Gasteiger partial charge on any atom is -0.384 e. The molecular weight excluding hydrogens is 370 g/mol. The summed E-state index contributed by atoms with van der Waals surface area (Å²) in [4.78, 5) is 19.4. The lowest BCUT2D eigenvalue weighted by molar-refractivity contribution is -0.133. The second-order valence-electron chi connectivity index (χ2n) is 8.48. The zero-order valence-electron chi connectivity index (χ0n) is 17.3. The van der Waals surface area contributed by atoms with Crippen molar-refractivity contribution < 1.29 is 9.53 Å². The van der Waals surface area contributed by atoms with Crippen LogP contribution in [-0.4, -0.2) is 48.1 Å². The molecule has 0 aliphatic carbocycles. The van der Waals surface area contributed by atoms with Crippen LogP contribution in [0.1, 0.15) is 51.3 Å². The van der Waals surface area contributed by atoms with Gasteiger partial charge in [0.25, 0.3) is 0 Å². The molecule has 1 saturated heterocycles. The van der Waals surface area contributed by atoms with Gasteiger partial charge in [-0.25, -0.2) is 4.98 Å². The van der Waals surface area contributed by atoms with E-state index in [1.54, 1.807) is 18.4 Å². The van der Waals surface area contributed by atoms with E-state index in [-0.39, 0.29) is 16.9 Å². The highest BCUT2D eigenvalue weighted by Gasteiger charge is 2.40. The van der Waals surface area contributed by atoms with Crippen LogP contribution in [0.25, 0.3) is 0 Å². The van der Waals surface area contributed by atoms with E-state index in [9.17, 15) is 4.79 Å². The number of anilines is 1. The number of hydrogen-bond donors (Lipinski definition) is 1. The Morgan fingerprint density at radius 3 is 2.54 bits per heavy atom. The van der Waals surface area contributed by atoms with Gasteiger partial charge in [0.2, 0.25) is 5.91 Å². The first-order chi connectivity index (χ1) is 13.3. The predicted octanol–water partition coefficient (Wildman–Crippen LogP) is 4.30. The van der Waals surface area contributed by atoms with Crippen molar-refractivity contribution in [2.45, 2.75) is 51.0 Å². The number of piperidine rings is 1. The molecule has 0 radical (unpaired) electrons. The first-order valence-corrected chi connectivity index (χ1v) is 10.8. The topological polar surface area (TPSA) is 54.5 Å². The van der Waals surface area contributed by atoms with Crippen molar-refractivity contribution in [3.05, 3.63) is 47.0 Å². The number of nitrogens with zero attached hydrogens (tertiary/aromatic N) is 2. The average molecular weight is 402 g/mol. The summed E-state index contributed by atoms with van der Waals surface area (Å²) in [5.41, 5.74) is 2.23. The van der Waals surface area contributed by atoms with Gasteiger partial charge in [0.15, 0.2) is 5.13 Å². The monoisotopic (exact) mass is 401 g/mol. The summed E-state index contributed by atoms with van der Waals surface area (Å²) < 4.78 is 5.06. The number of benzene rings is 1. The van der Waals surface area contributed by atoms with Crippen LogP contribution in [0.15, 0.2) is 35.7 Å². The lowest BCUT2D eigenvalue weighted by Crippen LogP contribution is -2.46. The zero-order valence-corrected chi connectivity index (χ0v) is 18.1. The Morgan fingerprint density at radius 2 is 1.93 bits per heavy atom. The number of hydrogen-bond acceptors (Lipinski definition) is 5. The lowest BCUT2D eigenvalue weighted by atomic mass is 9.70. The number of thiazole rings is 1. The van der Waals surface area contributed by atoms with Crippen molar-refractivity contribution in [1.82, 2.24) is 9.88 Å². The number of aromatic nitrogens is 1. The van der Waals surface area contributed by atoms with Gasteiger partial charge < -0.3 is 15.0 Å². The Labute approximate surface area is 172 Å². The summed E-state index contributed by atoms with van der Waals surface area (Å²) in [5, 5.41) is 6.63. The molecule has 3 rings (SSSR count). The molecule has 1 amide bonds. The fourth-order valence-corrected chi connectivity index (χ4v) is 4.82. The van der Waals surface area contributed by atoms with Crippen LogP contribution < -0.4 is 5.32 Å². The standard InChI is InChI=1S/C22H31N3O2S/c1-21(2,3)24-20-23-18(16-28-20)22(17-8-6-5-7-9-17)11-13-25(14-12-22)19(26)10-15-27-4/h5-9,16H,10-15H2,1-4H3,(H,23,24). The molecule has 0 unspecified atom stereocenters. The molecule has 6 heteroatoms. The summed E-state index contributed by atoms with van der Waals surface area (Å²) >= 11 is 1.66. The Morgan fingerprint density at radius 1 is 1.25 bits per heavy atom. The Balaban J connectivity index is 1.85. The third-order valence-electron chi connectivity index (χ3n) is 5.29. The van der Waals surface area contributed by atoms with Crippen LogP contribution in [0.2, 0.25) is 0 Å². The second kappa shape index (κ2) is 8.62. The number of likely N-dealkylation sites (tertiary alicyclic amines) is 1. The number of amides is 1. The molecule has 1 aromatic carbocycles. The summed E-state index contributed by atoms with van der Waals surface area (Å²) in [5.74, 6) is 0.178. The largest absolute Gasteiger partial charge is 0.384 e. The molecule has 1 aromatic heterocycles. The lowest BCUT2D eigenvalue weighted by Gasteiger charge is -2.41. The van der Waals surface area contributed by atoms with Gasteiger partial charge in [-0.3, -0.25) is 4.79 Å². The molecule has 1 aliphatic rings. The highest BCUT2D eigenvalue weighted by molar-refractivity contribution is 7.13. The average Bonchev–Trinajstić information content (AvgIpc) is 3.14. The van der Waals surface area contributed by atoms with Crippen LogP contribution in [0.3, 0.4) is 0 Å². The van der Waals surface area contributed by atoms with Gasteiger partial charge >= 0.3 is 0 Å². The van der Waals surface area contributed by atoms with Gasteiger partial charge in [0, 0.05) is 36.5 Å². The van der Waals surface area contributed by atoms with Gasteiger partial charge in [0.05, 0.1) is 18.7 Å². The number of methoxy groups -OCH3 is 1. The molecule has 0 spiro atoms. The van der Waals surface area contributed by atoms with Crippen LogP contribution in [-0.2, 0) is 14.9 Å². The number of nitrogens with one attached hydrogen (secondary N) is 1. The number of carbonyl (C=O) groups is 1. The van der Waals surface area contributed by atoms with Crippen molar-refractivity contribution in [3.8, 4) is 0 Å².